The third kappa shape index (κ3) is 2.30. The summed E-state index contributed by atoms with van der Waals surface area (Å²) in [6.07, 6.45) is 1.68. The molecule has 0 bridgehead atoms. The molecule has 1 aliphatic rings. The number of pyridine rings is 1. The van der Waals surface area contributed by atoms with Crippen molar-refractivity contribution in [3.63, 3.8) is 0 Å². The van der Waals surface area contributed by atoms with E-state index in [4.69, 9.17) is 14.2 Å². The lowest BCUT2D eigenvalue weighted by Crippen LogP contribution is -1.98. The molecule has 110 valence electrons. The van der Waals surface area contributed by atoms with Gasteiger partial charge in [0, 0.05) is 23.2 Å². The lowest BCUT2D eigenvalue weighted by molar-refractivity contribution is 0.173. The zero-order valence-electron chi connectivity index (χ0n) is 11.6. The molecule has 0 fully saturated rings. The van der Waals surface area contributed by atoms with Gasteiger partial charge in [-0.25, -0.2) is 4.39 Å². The monoisotopic (exact) mass is 297 g/mol. The van der Waals surface area contributed by atoms with Crippen molar-refractivity contribution in [1.82, 2.24) is 4.98 Å². The summed E-state index contributed by atoms with van der Waals surface area (Å²) in [7, 11) is 0. The topological polar surface area (TPSA) is 40.6 Å². The highest BCUT2D eigenvalue weighted by Crippen LogP contribution is 2.35. The quantitative estimate of drug-likeness (QED) is 0.739. The lowest BCUT2D eigenvalue weighted by atomic mass is 10.1. The summed E-state index contributed by atoms with van der Waals surface area (Å²) in [4.78, 5) is 4.30. The third-order valence-corrected chi connectivity index (χ3v) is 3.49. The first-order valence-electron chi connectivity index (χ1n) is 6.85. The number of nitrogens with zero attached hydrogens (tertiary/aromatic N) is 1. The Labute approximate surface area is 126 Å². The Balaban J connectivity index is 1.61. The Hall–Kier alpha value is -2.82. The summed E-state index contributed by atoms with van der Waals surface area (Å²) in [5.74, 6) is 1.69. The van der Waals surface area contributed by atoms with Crippen LogP contribution in [0, 0.1) is 5.82 Å². The molecule has 4 rings (SSSR count). The summed E-state index contributed by atoms with van der Waals surface area (Å²) in [5.41, 5.74) is 1.44. The second-order valence-corrected chi connectivity index (χ2v) is 4.94. The molecule has 0 saturated carbocycles. The second kappa shape index (κ2) is 5.18. The number of hydrogen-bond donors (Lipinski definition) is 0. The van der Waals surface area contributed by atoms with Crippen LogP contribution in [-0.2, 0) is 6.61 Å². The van der Waals surface area contributed by atoms with Gasteiger partial charge in [0.15, 0.2) is 11.5 Å². The third-order valence-electron chi connectivity index (χ3n) is 3.49. The van der Waals surface area contributed by atoms with Gasteiger partial charge in [-0.1, -0.05) is 6.07 Å². The predicted octanol–water partition coefficient (Wildman–Crippen LogP) is 3.68. The second-order valence-electron chi connectivity index (χ2n) is 4.94. The van der Waals surface area contributed by atoms with Crippen LogP contribution < -0.4 is 14.2 Å². The van der Waals surface area contributed by atoms with Gasteiger partial charge in [-0.2, -0.15) is 0 Å². The van der Waals surface area contributed by atoms with Crippen molar-refractivity contribution in [2.24, 2.45) is 0 Å². The normalized spacial score (nSPS) is 12.6. The fraction of sp³-hybridized carbons (Fsp3) is 0.118. The van der Waals surface area contributed by atoms with E-state index in [0.717, 1.165) is 10.9 Å². The molecule has 3 aromatic rings. The number of ether oxygens (including phenoxy) is 3. The molecule has 0 spiro atoms. The standard InChI is InChI=1S/C17H12FNO3/c18-13-6-11-2-1-5-19-17(11)12(7-13)9-20-14-3-4-15-16(8-14)22-10-21-15/h1-8H,9-10H2. The van der Waals surface area contributed by atoms with Crippen LogP contribution in [0.5, 0.6) is 17.2 Å². The molecule has 1 aromatic heterocycles. The summed E-state index contributed by atoms with van der Waals surface area (Å²) < 4.78 is 30.0. The number of halogens is 1. The van der Waals surface area contributed by atoms with Crippen LogP contribution in [0.1, 0.15) is 5.56 Å². The van der Waals surface area contributed by atoms with Crippen molar-refractivity contribution in [2.45, 2.75) is 6.61 Å². The number of aromatic nitrogens is 1. The average molecular weight is 297 g/mol. The van der Waals surface area contributed by atoms with Gasteiger partial charge in [-0.15, -0.1) is 0 Å². The van der Waals surface area contributed by atoms with Gasteiger partial charge in [0.1, 0.15) is 18.2 Å². The van der Waals surface area contributed by atoms with E-state index in [-0.39, 0.29) is 19.2 Å². The molecule has 0 radical (unpaired) electrons. The molecular formula is C17H12FNO3. The highest BCUT2D eigenvalue weighted by atomic mass is 19.1. The van der Waals surface area contributed by atoms with Crippen LogP contribution in [-0.4, -0.2) is 11.8 Å². The summed E-state index contributed by atoms with van der Waals surface area (Å²) in [6, 6.07) is 11.9. The SMILES string of the molecule is Fc1cc(COc2ccc3c(c2)OCO3)c2ncccc2c1. The molecule has 2 aromatic carbocycles. The van der Waals surface area contributed by atoms with Gasteiger partial charge in [0.2, 0.25) is 6.79 Å². The van der Waals surface area contributed by atoms with Crippen LogP contribution in [0.3, 0.4) is 0 Å². The van der Waals surface area contributed by atoms with E-state index in [0.29, 0.717) is 22.8 Å². The molecule has 0 atom stereocenters. The number of hydrogen-bond acceptors (Lipinski definition) is 4. The number of rotatable bonds is 3. The van der Waals surface area contributed by atoms with E-state index in [9.17, 15) is 4.39 Å². The zero-order chi connectivity index (χ0) is 14.9. The number of fused-ring (bicyclic) bond motifs is 2. The maximum Gasteiger partial charge on any atom is 0.231 e. The van der Waals surface area contributed by atoms with E-state index >= 15 is 0 Å². The van der Waals surface area contributed by atoms with Crippen LogP contribution in [0.15, 0.2) is 48.7 Å². The number of benzene rings is 2. The fourth-order valence-corrected chi connectivity index (χ4v) is 2.47. The van der Waals surface area contributed by atoms with Gasteiger partial charge in [-0.3, -0.25) is 4.98 Å². The average Bonchev–Trinajstić information content (AvgIpc) is 3.00. The van der Waals surface area contributed by atoms with Crippen molar-refractivity contribution in [3.05, 3.63) is 60.0 Å². The molecule has 0 N–H and O–H groups in total. The minimum absolute atomic E-state index is 0.219. The Morgan fingerprint density at radius 3 is 2.95 bits per heavy atom. The Morgan fingerprint density at radius 1 is 1.09 bits per heavy atom. The Kier molecular flexibility index (Phi) is 3.04. The van der Waals surface area contributed by atoms with Crippen LogP contribution in [0.25, 0.3) is 10.9 Å². The van der Waals surface area contributed by atoms with Gasteiger partial charge in [-0.05, 0) is 30.3 Å². The Morgan fingerprint density at radius 2 is 2.00 bits per heavy atom. The molecule has 2 heterocycles. The van der Waals surface area contributed by atoms with Gasteiger partial charge >= 0.3 is 0 Å². The maximum atomic E-state index is 13.7. The van der Waals surface area contributed by atoms with Gasteiger partial charge in [0.05, 0.1) is 5.52 Å². The summed E-state index contributed by atoms with van der Waals surface area (Å²) in [5, 5.41) is 0.756. The molecule has 1 aliphatic heterocycles. The first kappa shape index (κ1) is 12.9. The van der Waals surface area contributed by atoms with E-state index in [2.05, 4.69) is 4.98 Å². The minimum Gasteiger partial charge on any atom is -0.489 e. The van der Waals surface area contributed by atoms with Crippen molar-refractivity contribution >= 4 is 10.9 Å². The molecule has 0 aliphatic carbocycles. The largest absolute Gasteiger partial charge is 0.489 e. The highest BCUT2D eigenvalue weighted by molar-refractivity contribution is 5.81. The molecule has 5 heteroatoms. The van der Waals surface area contributed by atoms with Crippen molar-refractivity contribution in [1.29, 1.82) is 0 Å². The first-order chi connectivity index (χ1) is 10.8. The van der Waals surface area contributed by atoms with E-state index in [1.807, 2.05) is 6.07 Å². The van der Waals surface area contributed by atoms with Crippen molar-refractivity contribution in [3.8, 4) is 17.2 Å². The Bertz CT molecular complexity index is 850. The molecule has 4 nitrogen and oxygen atoms in total. The zero-order valence-corrected chi connectivity index (χ0v) is 11.6. The summed E-state index contributed by atoms with van der Waals surface area (Å²) >= 11 is 0. The molecule has 0 amide bonds. The highest BCUT2D eigenvalue weighted by Gasteiger charge is 2.14. The smallest absolute Gasteiger partial charge is 0.231 e. The maximum absolute atomic E-state index is 13.7. The lowest BCUT2D eigenvalue weighted by Gasteiger charge is -2.09. The van der Waals surface area contributed by atoms with Crippen molar-refractivity contribution < 1.29 is 18.6 Å². The molecule has 0 saturated heterocycles. The van der Waals surface area contributed by atoms with E-state index in [1.165, 1.54) is 12.1 Å². The van der Waals surface area contributed by atoms with E-state index < -0.39 is 0 Å². The summed E-state index contributed by atoms with van der Waals surface area (Å²) in [6.45, 7) is 0.447. The predicted molar refractivity (Wildman–Crippen MR) is 78.6 cm³/mol. The first-order valence-corrected chi connectivity index (χ1v) is 6.85. The van der Waals surface area contributed by atoms with Gasteiger partial charge < -0.3 is 14.2 Å². The molecule has 22 heavy (non-hydrogen) atoms. The van der Waals surface area contributed by atoms with Crippen LogP contribution in [0.4, 0.5) is 4.39 Å². The molecular weight excluding hydrogens is 285 g/mol. The van der Waals surface area contributed by atoms with E-state index in [1.54, 1.807) is 30.5 Å². The van der Waals surface area contributed by atoms with Crippen molar-refractivity contribution in [2.75, 3.05) is 6.79 Å². The molecule has 0 unspecified atom stereocenters. The van der Waals surface area contributed by atoms with Crippen LogP contribution >= 0.6 is 0 Å². The van der Waals surface area contributed by atoms with Gasteiger partial charge in [0.25, 0.3) is 0 Å². The fourth-order valence-electron chi connectivity index (χ4n) is 2.47. The minimum atomic E-state index is -0.301. The van der Waals surface area contributed by atoms with Crippen LogP contribution in [0.2, 0.25) is 0 Å².